The van der Waals surface area contributed by atoms with Crippen LogP contribution in [0.2, 0.25) is 0 Å². The van der Waals surface area contributed by atoms with Crippen LogP contribution in [0.1, 0.15) is 0 Å². The van der Waals surface area contributed by atoms with Gasteiger partial charge >= 0.3 is 0 Å². The van der Waals surface area contributed by atoms with Crippen LogP contribution < -0.4 is 0 Å². The van der Waals surface area contributed by atoms with E-state index in [2.05, 4.69) is 163 Å². The minimum atomic E-state index is 0.676. The fourth-order valence-corrected chi connectivity index (χ4v) is 9.72. The number of thiophene rings is 1. The second kappa shape index (κ2) is 14.0. The lowest BCUT2D eigenvalue weighted by molar-refractivity contribution is 0.670. The number of furan rings is 1. The summed E-state index contributed by atoms with van der Waals surface area (Å²) in [6, 6.07) is 68.3. The van der Waals surface area contributed by atoms with Crippen molar-refractivity contribution in [3.8, 4) is 67.3 Å². The molecule has 0 radical (unpaired) electrons. The number of pyridine rings is 1. The fourth-order valence-electron chi connectivity index (χ4n) is 8.64. The molecule has 4 heterocycles. The molecule has 4 aromatic heterocycles. The van der Waals surface area contributed by atoms with Crippen LogP contribution in [0.25, 0.3) is 120 Å². The molecule has 0 fully saturated rings. The molecule has 0 aliphatic carbocycles. The van der Waals surface area contributed by atoms with Crippen LogP contribution in [0, 0.1) is 0 Å². The number of fused-ring (bicyclic) bond motifs is 7. The quantitative estimate of drug-likeness (QED) is 0.169. The van der Waals surface area contributed by atoms with Crippen LogP contribution in [0.5, 0.6) is 0 Å². The minimum absolute atomic E-state index is 0.676. The minimum Gasteiger partial charge on any atom is -0.455 e. The summed E-state index contributed by atoms with van der Waals surface area (Å²) in [5.41, 5.74) is 14.2. The highest BCUT2D eigenvalue weighted by atomic mass is 32.1. The average Bonchev–Trinajstić information content (AvgIpc) is 3.90. The normalized spacial score (nSPS) is 11.7. The number of rotatable bonds is 6. The molecule has 280 valence electrons. The number of aromatic nitrogens is 3. The van der Waals surface area contributed by atoms with E-state index in [1.54, 1.807) is 0 Å². The van der Waals surface area contributed by atoms with Gasteiger partial charge in [0.25, 0.3) is 0 Å². The number of hydrogen-bond acceptors (Lipinski definition) is 5. The smallest absolute Gasteiger partial charge is 0.160 e. The van der Waals surface area contributed by atoms with Crippen molar-refractivity contribution >= 4 is 64.4 Å². The van der Waals surface area contributed by atoms with Gasteiger partial charge in [0.05, 0.1) is 16.9 Å². The largest absolute Gasteiger partial charge is 0.455 e. The second-order valence-electron chi connectivity index (χ2n) is 15.1. The van der Waals surface area contributed by atoms with Gasteiger partial charge in [-0.3, -0.25) is 4.98 Å². The molecular weight excluding hydrogens is 751 g/mol. The summed E-state index contributed by atoms with van der Waals surface area (Å²) >= 11 is 1.84. The molecule has 0 atom stereocenters. The van der Waals surface area contributed by atoms with Crippen molar-refractivity contribution in [3.05, 3.63) is 200 Å². The maximum atomic E-state index is 6.72. The van der Waals surface area contributed by atoms with E-state index in [-0.39, 0.29) is 0 Å². The maximum absolute atomic E-state index is 6.72. The van der Waals surface area contributed by atoms with Gasteiger partial charge in [0, 0.05) is 64.8 Å². The highest BCUT2D eigenvalue weighted by molar-refractivity contribution is 7.25. The molecule has 0 unspecified atom stereocenters. The molecule has 0 aliphatic heterocycles. The Bertz CT molecular complexity index is 3580. The summed E-state index contributed by atoms with van der Waals surface area (Å²) in [5, 5.41) is 5.95. The summed E-state index contributed by atoms with van der Waals surface area (Å²) in [6.07, 6.45) is 1.87. The first-order valence-electron chi connectivity index (χ1n) is 20.1. The number of para-hydroxylation sites is 2. The molecule has 8 aromatic carbocycles. The third kappa shape index (κ3) is 5.78. The van der Waals surface area contributed by atoms with Crippen molar-refractivity contribution in [1.82, 2.24) is 15.0 Å². The Balaban J connectivity index is 0.941. The summed E-state index contributed by atoms with van der Waals surface area (Å²) in [7, 11) is 0. The Labute approximate surface area is 349 Å². The zero-order valence-corrected chi connectivity index (χ0v) is 33.0. The van der Waals surface area contributed by atoms with Gasteiger partial charge in [-0.05, 0) is 76.3 Å². The molecule has 12 rings (SSSR count). The molecule has 5 heteroatoms. The summed E-state index contributed by atoms with van der Waals surface area (Å²) < 4.78 is 9.33. The van der Waals surface area contributed by atoms with Crippen molar-refractivity contribution in [2.45, 2.75) is 0 Å². The van der Waals surface area contributed by atoms with E-state index in [0.717, 1.165) is 88.7 Å². The Kier molecular flexibility index (Phi) is 8.00. The summed E-state index contributed by atoms with van der Waals surface area (Å²) in [5.74, 6) is 0.676. The van der Waals surface area contributed by atoms with Gasteiger partial charge < -0.3 is 4.42 Å². The van der Waals surface area contributed by atoms with Gasteiger partial charge in [-0.1, -0.05) is 146 Å². The lowest BCUT2D eigenvalue weighted by atomic mass is 9.93. The van der Waals surface area contributed by atoms with Gasteiger partial charge in [0.15, 0.2) is 5.82 Å². The molecule has 0 aliphatic rings. The van der Waals surface area contributed by atoms with Gasteiger partial charge in [-0.2, -0.15) is 0 Å². The van der Waals surface area contributed by atoms with Crippen LogP contribution in [0.3, 0.4) is 0 Å². The van der Waals surface area contributed by atoms with Gasteiger partial charge in [0.2, 0.25) is 0 Å². The number of nitrogens with zero attached hydrogens (tertiary/aromatic N) is 3. The third-order valence-electron chi connectivity index (χ3n) is 11.6. The maximum Gasteiger partial charge on any atom is 0.160 e. The molecule has 12 aromatic rings. The topological polar surface area (TPSA) is 51.8 Å². The Morgan fingerprint density at radius 1 is 0.383 bits per heavy atom. The van der Waals surface area contributed by atoms with E-state index in [1.165, 1.54) is 25.7 Å². The molecule has 0 bridgehead atoms. The van der Waals surface area contributed by atoms with E-state index < -0.39 is 0 Å². The second-order valence-corrected chi connectivity index (χ2v) is 16.2. The summed E-state index contributed by atoms with van der Waals surface area (Å²) in [6.45, 7) is 0. The molecule has 0 saturated heterocycles. The molecule has 60 heavy (non-hydrogen) atoms. The van der Waals surface area contributed by atoms with E-state index >= 15 is 0 Å². The predicted molar refractivity (Wildman–Crippen MR) is 250 cm³/mol. The molecule has 0 spiro atoms. The number of benzene rings is 8. The fraction of sp³-hybridized carbons (Fsp3) is 0. The van der Waals surface area contributed by atoms with Crippen molar-refractivity contribution in [3.63, 3.8) is 0 Å². The monoisotopic (exact) mass is 783 g/mol. The molecule has 0 amide bonds. The van der Waals surface area contributed by atoms with E-state index in [0.29, 0.717) is 5.82 Å². The Hall–Kier alpha value is -7.73. The van der Waals surface area contributed by atoms with Gasteiger partial charge in [0.1, 0.15) is 11.2 Å². The molecule has 0 N–H and O–H groups in total. The zero-order chi connectivity index (χ0) is 39.6. The molecule has 4 nitrogen and oxygen atoms in total. The predicted octanol–water partition coefficient (Wildman–Crippen LogP) is 15.3. The van der Waals surface area contributed by atoms with Crippen molar-refractivity contribution in [2.75, 3.05) is 0 Å². The van der Waals surface area contributed by atoms with E-state index in [4.69, 9.17) is 14.4 Å². The first kappa shape index (κ1) is 34.3. The molecule has 0 saturated carbocycles. The summed E-state index contributed by atoms with van der Waals surface area (Å²) in [4.78, 5) is 14.8. The highest BCUT2D eigenvalue weighted by Gasteiger charge is 2.19. The van der Waals surface area contributed by atoms with Crippen molar-refractivity contribution < 1.29 is 4.42 Å². The number of hydrogen-bond donors (Lipinski definition) is 0. The molecular formula is C55H33N3OS. The Morgan fingerprint density at radius 3 is 1.80 bits per heavy atom. The van der Waals surface area contributed by atoms with Crippen molar-refractivity contribution in [1.29, 1.82) is 0 Å². The first-order valence-corrected chi connectivity index (χ1v) is 20.9. The van der Waals surface area contributed by atoms with Gasteiger partial charge in [-0.15, -0.1) is 11.3 Å². The van der Waals surface area contributed by atoms with E-state index in [1.807, 2.05) is 53.9 Å². The highest BCUT2D eigenvalue weighted by Crippen LogP contribution is 2.44. The lowest BCUT2D eigenvalue weighted by Crippen LogP contribution is -1.96. The van der Waals surface area contributed by atoms with Crippen LogP contribution in [-0.4, -0.2) is 15.0 Å². The van der Waals surface area contributed by atoms with Gasteiger partial charge in [-0.25, -0.2) is 9.97 Å². The first-order chi connectivity index (χ1) is 29.7. The SMILES string of the molecule is c1ccc(-c2cc(-c3ccc(-c4ccc(-c5ccc6sc7ccccc7c6c5)c5c4oc4ccccc45)cc3)nc(-c3ccc(-c4ccnc5ccccc45)cc3)n2)cc1. The Morgan fingerprint density at radius 2 is 0.983 bits per heavy atom. The van der Waals surface area contributed by atoms with Crippen molar-refractivity contribution in [2.24, 2.45) is 0 Å². The van der Waals surface area contributed by atoms with Crippen LogP contribution in [0.4, 0.5) is 0 Å². The third-order valence-corrected chi connectivity index (χ3v) is 12.8. The standard InChI is InChI=1S/C55H33N3OS/c1-2-10-36(11-3-1)48-33-49(58-55(57-48)38-24-20-34(21-25-38)40-30-31-56-47-15-7-4-12-43(40)47)37-22-18-35(19-23-37)42-28-27-41(53-45-14-5-8-16-50(45)59-54(42)53)39-26-29-52-46(32-39)44-13-6-9-17-51(44)60-52/h1-33H. The zero-order valence-electron chi connectivity index (χ0n) is 32.2. The van der Waals surface area contributed by atoms with Crippen LogP contribution >= 0.6 is 11.3 Å². The van der Waals surface area contributed by atoms with Crippen LogP contribution in [-0.2, 0) is 0 Å². The van der Waals surface area contributed by atoms with Crippen LogP contribution in [0.15, 0.2) is 205 Å². The lowest BCUT2D eigenvalue weighted by Gasteiger charge is -2.12. The average molecular weight is 784 g/mol. The van der Waals surface area contributed by atoms with E-state index in [9.17, 15) is 0 Å².